The highest BCUT2D eigenvalue weighted by molar-refractivity contribution is 7.10. The Morgan fingerprint density at radius 2 is 2.00 bits per heavy atom. The summed E-state index contributed by atoms with van der Waals surface area (Å²) in [5.74, 6) is 0. The van der Waals surface area contributed by atoms with Crippen LogP contribution in [0.15, 0.2) is 11.4 Å². The van der Waals surface area contributed by atoms with Crippen LogP contribution >= 0.6 is 11.3 Å². The fraction of sp³-hybridized carbons (Fsp3) is 0.583. The Bertz CT molecular complexity index is 395. The van der Waals surface area contributed by atoms with Gasteiger partial charge in [-0.25, -0.2) is 4.79 Å². The Balaban J connectivity index is 1.71. The van der Waals surface area contributed by atoms with Crippen molar-refractivity contribution in [2.45, 2.75) is 25.8 Å². The lowest BCUT2D eigenvalue weighted by molar-refractivity contribution is 0.157. The quantitative estimate of drug-likeness (QED) is 0.678. The van der Waals surface area contributed by atoms with Crippen molar-refractivity contribution in [3.8, 4) is 0 Å². The van der Waals surface area contributed by atoms with Gasteiger partial charge in [-0.1, -0.05) is 0 Å². The minimum absolute atomic E-state index is 0.245. The summed E-state index contributed by atoms with van der Waals surface area (Å²) in [5, 5.41) is 2.13. The smallest absolute Gasteiger partial charge is 0.320 e. The fourth-order valence-corrected chi connectivity index (χ4v) is 3.41. The number of urea groups is 1. The summed E-state index contributed by atoms with van der Waals surface area (Å²) in [4.78, 5) is 17.6. The standard InChI is InChI=1S/C12H16N2OS/c15-12(13-5-1-2-6-13)14-7-3-11-10(9-14)4-8-16-11/h4,8H,1-3,5-7,9H2. The van der Waals surface area contributed by atoms with E-state index in [-0.39, 0.29) is 6.03 Å². The normalized spacial score (nSPS) is 20.0. The molecule has 2 aliphatic heterocycles. The van der Waals surface area contributed by atoms with Crippen LogP contribution in [0.5, 0.6) is 0 Å². The van der Waals surface area contributed by atoms with Crippen LogP contribution in [0.25, 0.3) is 0 Å². The first-order valence-electron chi connectivity index (χ1n) is 5.94. The number of carbonyl (C=O) groups excluding carboxylic acids is 1. The van der Waals surface area contributed by atoms with Crippen molar-refractivity contribution in [3.63, 3.8) is 0 Å². The fourth-order valence-electron chi connectivity index (χ4n) is 2.52. The molecular weight excluding hydrogens is 220 g/mol. The molecular formula is C12H16N2OS. The largest absolute Gasteiger partial charge is 0.325 e. The van der Waals surface area contributed by atoms with Crippen LogP contribution in [-0.2, 0) is 13.0 Å². The highest BCUT2D eigenvalue weighted by atomic mass is 32.1. The van der Waals surface area contributed by atoms with Crippen LogP contribution in [0.1, 0.15) is 23.3 Å². The Morgan fingerprint density at radius 3 is 2.81 bits per heavy atom. The molecule has 3 nitrogen and oxygen atoms in total. The Morgan fingerprint density at radius 1 is 1.19 bits per heavy atom. The maximum absolute atomic E-state index is 12.2. The number of hydrogen-bond donors (Lipinski definition) is 0. The first-order valence-corrected chi connectivity index (χ1v) is 6.81. The number of carbonyl (C=O) groups is 1. The van der Waals surface area contributed by atoms with E-state index in [0.717, 1.165) is 32.6 Å². The predicted molar refractivity (Wildman–Crippen MR) is 64.6 cm³/mol. The molecule has 0 aliphatic carbocycles. The average molecular weight is 236 g/mol. The van der Waals surface area contributed by atoms with Gasteiger partial charge in [0.1, 0.15) is 0 Å². The van der Waals surface area contributed by atoms with Crippen LogP contribution < -0.4 is 0 Å². The van der Waals surface area contributed by atoms with Gasteiger partial charge in [-0.2, -0.15) is 0 Å². The van der Waals surface area contributed by atoms with E-state index in [0.29, 0.717) is 0 Å². The molecule has 1 aromatic heterocycles. The third-order valence-corrected chi connectivity index (χ3v) is 4.48. The summed E-state index contributed by atoms with van der Waals surface area (Å²) in [6.07, 6.45) is 3.37. The summed E-state index contributed by atoms with van der Waals surface area (Å²) < 4.78 is 0. The van der Waals surface area contributed by atoms with Gasteiger partial charge in [0.15, 0.2) is 0 Å². The average Bonchev–Trinajstić information content (AvgIpc) is 2.98. The molecule has 3 rings (SSSR count). The third kappa shape index (κ3) is 1.71. The van der Waals surface area contributed by atoms with Crippen LogP contribution in [0.4, 0.5) is 4.79 Å². The molecule has 1 aromatic rings. The number of thiophene rings is 1. The summed E-state index contributed by atoms with van der Waals surface area (Å²) in [6.45, 7) is 3.61. The van der Waals surface area contributed by atoms with Gasteiger partial charge in [-0.15, -0.1) is 11.3 Å². The van der Waals surface area contributed by atoms with Gasteiger partial charge in [-0.05, 0) is 36.3 Å². The molecule has 0 N–H and O–H groups in total. The van der Waals surface area contributed by atoms with Crippen molar-refractivity contribution in [1.82, 2.24) is 9.80 Å². The number of hydrogen-bond acceptors (Lipinski definition) is 2. The van der Waals surface area contributed by atoms with Crippen LogP contribution in [0.2, 0.25) is 0 Å². The highest BCUT2D eigenvalue weighted by Gasteiger charge is 2.26. The molecule has 3 heterocycles. The Labute approximate surface area is 99.7 Å². The van der Waals surface area contributed by atoms with E-state index >= 15 is 0 Å². The molecule has 0 spiro atoms. The summed E-state index contributed by atoms with van der Waals surface area (Å²) in [7, 11) is 0. The van der Waals surface area contributed by atoms with Gasteiger partial charge >= 0.3 is 6.03 Å². The molecule has 0 atom stereocenters. The van der Waals surface area contributed by atoms with E-state index in [1.54, 1.807) is 0 Å². The zero-order valence-electron chi connectivity index (χ0n) is 9.32. The van der Waals surface area contributed by atoms with E-state index in [2.05, 4.69) is 11.4 Å². The number of rotatable bonds is 0. The Hall–Kier alpha value is -1.03. The van der Waals surface area contributed by atoms with Gasteiger partial charge in [-0.3, -0.25) is 0 Å². The van der Waals surface area contributed by atoms with Gasteiger partial charge in [0.05, 0.1) is 0 Å². The van der Waals surface area contributed by atoms with Crippen molar-refractivity contribution in [1.29, 1.82) is 0 Å². The number of amides is 2. The molecule has 0 bridgehead atoms. The summed E-state index contributed by atoms with van der Waals surface area (Å²) >= 11 is 1.82. The maximum atomic E-state index is 12.2. The van der Waals surface area contributed by atoms with E-state index in [4.69, 9.17) is 0 Å². The molecule has 2 aliphatic rings. The second kappa shape index (κ2) is 4.09. The molecule has 1 saturated heterocycles. The SMILES string of the molecule is O=C(N1CCCC1)N1CCc2sccc2C1. The van der Waals surface area contributed by atoms with Crippen molar-refractivity contribution in [3.05, 3.63) is 21.9 Å². The topological polar surface area (TPSA) is 23.6 Å². The number of likely N-dealkylation sites (tertiary alicyclic amines) is 1. The highest BCUT2D eigenvalue weighted by Crippen LogP contribution is 2.25. The molecule has 1 fully saturated rings. The maximum Gasteiger partial charge on any atom is 0.320 e. The second-order valence-corrected chi connectivity index (χ2v) is 5.52. The monoisotopic (exact) mass is 236 g/mol. The van der Waals surface area contributed by atoms with Crippen molar-refractivity contribution in [2.75, 3.05) is 19.6 Å². The molecule has 2 amide bonds. The summed E-state index contributed by atoms with van der Waals surface area (Å²) in [5.41, 5.74) is 1.35. The molecule has 0 radical (unpaired) electrons. The Kier molecular flexibility index (Phi) is 2.59. The molecule has 0 unspecified atom stereocenters. The molecule has 4 heteroatoms. The minimum atomic E-state index is 0.245. The van der Waals surface area contributed by atoms with Gasteiger partial charge in [0, 0.05) is 31.1 Å². The molecule has 0 saturated carbocycles. The lowest BCUT2D eigenvalue weighted by atomic mass is 10.1. The molecule has 16 heavy (non-hydrogen) atoms. The number of fused-ring (bicyclic) bond motifs is 1. The van der Waals surface area contributed by atoms with Crippen molar-refractivity contribution >= 4 is 17.4 Å². The van der Waals surface area contributed by atoms with Crippen LogP contribution in [-0.4, -0.2) is 35.5 Å². The molecule has 0 aromatic carbocycles. The van der Waals surface area contributed by atoms with E-state index in [1.807, 2.05) is 21.1 Å². The van der Waals surface area contributed by atoms with Crippen LogP contribution in [0, 0.1) is 0 Å². The molecule has 86 valence electrons. The first-order chi connectivity index (χ1) is 7.84. The predicted octanol–water partition coefficient (Wildman–Crippen LogP) is 2.32. The van der Waals surface area contributed by atoms with E-state index in [1.165, 1.54) is 23.3 Å². The number of nitrogens with zero attached hydrogens (tertiary/aromatic N) is 2. The minimum Gasteiger partial charge on any atom is -0.325 e. The van der Waals surface area contributed by atoms with Crippen molar-refractivity contribution < 1.29 is 4.79 Å². The summed E-state index contributed by atoms with van der Waals surface area (Å²) in [6, 6.07) is 2.40. The second-order valence-electron chi connectivity index (χ2n) is 4.52. The van der Waals surface area contributed by atoms with Gasteiger partial charge < -0.3 is 9.80 Å². The van der Waals surface area contributed by atoms with Crippen LogP contribution in [0.3, 0.4) is 0 Å². The van der Waals surface area contributed by atoms with E-state index in [9.17, 15) is 4.79 Å². The van der Waals surface area contributed by atoms with E-state index < -0.39 is 0 Å². The lowest BCUT2D eigenvalue weighted by Crippen LogP contribution is -2.43. The third-order valence-electron chi connectivity index (χ3n) is 3.45. The van der Waals surface area contributed by atoms with Crippen molar-refractivity contribution in [2.24, 2.45) is 0 Å². The zero-order valence-corrected chi connectivity index (χ0v) is 10.1. The van der Waals surface area contributed by atoms with Gasteiger partial charge in [0.25, 0.3) is 0 Å². The lowest BCUT2D eigenvalue weighted by Gasteiger charge is -2.30. The first kappa shape index (κ1) is 10.1. The van der Waals surface area contributed by atoms with Gasteiger partial charge in [0.2, 0.25) is 0 Å². The zero-order chi connectivity index (χ0) is 11.0.